The normalized spacial score (nSPS) is 25.8. The first kappa shape index (κ1) is 131. The highest BCUT2D eigenvalue weighted by atomic mass is 16.3. The largest absolute Gasteiger partial charge is 0.396 e. The topological polar surface area (TPSA) is 445 Å². The van der Waals surface area contributed by atoms with Crippen molar-refractivity contribution in [2.75, 3.05) is 388 Å². The second-order valence-corrected chi connectivity index (χ2v) is 37.4. The van der Waals surface area contributed by atoms with Crippen molar-refractivity contribution in [3.05, 3.63) is 0 Å². The van der Waals surface area contributed by atoms with Gasteiger partial charge in [-0.3, -0.25) is 19.6 Å². The Morgan fingerprint density at radius 1 is 0.281 bits per heavy atom. The van der Waals surface area contributed by atoms with E-state index >= 15 is 0 Å². The molecule has 20 N–H and O–H groups in total. The predicted octanol–water partition coefficient (Wildman–Crippen LogP) is -2.66. The van der Waals surface area contributed by atoms with Crippen molar-refractivity contribution in [3.8, 4) is 0 Å². The highest BCUT2D eigenvalue weighted by Crippen LogP contribution is 2.23. The molecule has 774 valence electrons. The zero-order valence-electron chi connectivity index (χ0n) is 84.0. The van der Waals surface area contributed by atoms with Crippen LogP contribution in [-0.2, 0) is 0 Å². The van der Waals surface area contributed by atoms with Gasteiger partial charge in [-0.15, -0.1) is 0 Å². The highest BCUT2D eigenvalue weighted by Gasteiger charge is 2.31. The molecule has 10 atom stereocenters. The Hall–Kier alpha value is -1.40. The van der Waals surface area contributed by atoms with E-state index in [4.69, 9.17) is 97.0 Å². The Morgan fingerprint density at radius 3 is 0.977 bits per heavy atom. The van der Waals surface area contributed by atoms with Crippen LogP contribution in [-0.4, -0.2) is 601 Å². The van der Waals surface area contributed by atoms with E-state index in [1.165, 1.54) is 103 Å². The molecule has 0 aliphatic carbocycles. The van der Waals surface area contributed by atoms with Gasteiger partial charge < -0.3 is 156 Å². The van der Waals surface area contributed by atoms with Gasteiger partial charge in [0.25, 0.3) is 0 Å². The highest BCUT2D eigenvalue weighted by molar-refractivity contribution is 4.85. The van der Waals surface area contributed by atoms with Gasteiger partial charge in [-0.05, 0) is 310 Å². The molecular formula is C93H208N16O19. The van der Waals surface area contributed by atoms with Gasteiger partial charge in [0.1, 0.15) is 6.23 Å². The van der Waals surface area contributed by atoms with E-state index in [2.05, 4.69) is 120 Å². The lowest BCUT2D eigenvalue weighted by atomic mass is 9.97. The maximum Gasteiger partial charge on any atom is 0.107 e. The van der Waals surface area contributed by atoms with Gasteiger partial charge in [0, 0.05) is 207 Å². The molecule has 11 fully saturated rings. The summed E-state index contributed by atoms with van der Waals surface area (Å²) in [6.45, 7) is 31.5. The van der Waals surface area contributed by atoms with E-state index in [0.29, 0.717) is 108 Å². The first-order valence-electron chi connectivity index (χ1n) is 49.3. The number of hydrogen-bond donors (Lipinski definition) is 20. The Labute approximate surface area is 779 Å². The van der Waals surface area contributed by atoms with Gasteiger partial charge in [-0.25, -0.2) is 0 Å². The molecule has 0 spiro atoms. The summed E-state index contributed by atoms with van der Waals surface area (Å²) < 4.78 is 0. The predicted molar refractivity (Wildman–Crippen MR) is 520 cm³/mol. The number of likely N-dealkylation sites (tertiary alicyclic amines) is 10. The molecule has 35 heteroatoms. The average Bonchev–Trinajstić information content (AvgIpc) is 1.38. The Kier molecular flexibility index (Phi) is 91.4. The molecule has 128 heavy (non-hydrogen) atoms. The maximum absolute atomic E-state index is 9.10. The third-order valence-electron chi connectivity index (χ3n) is 26.2. The number of aliphatic hydroxyl groups is 19. The molecule has 11 aliphatic heterocycles. The van der Waals surface area contributed by atoms with Crippen LogP contribution in [0.4, 0.5) is 0 Å². The van der Waals surface area contributed by atoms with Crippen molar-refractivity contribution in [1.82, 2.24) is 78.8 Å². The minimum Gasteiger partial charge on any atom is -0.396 e. The van der Waals surface area contributed by atoms with Crippen LogP contribution in [0.15, 0.2) is 0 Å². The van der Waals surface area contributed by atoms with Gasteiger partial charge in [0.15, 0.2) is 0 Å². The number of nitrogens with one attached hydrogen (secondary N) is 1. The molecule has 0 radical (unpaired) electrons. The van der Waals surface area contributed by atoms with Crippen molar-refractivity contribution in [2.24, 2.45) is 29.6 Å². The minimum absolute atomic E-state index is 0.0220. The molecule has 10 unspecified atom stereocenters. The summed E-state index contributed by atoms with van der Waals surface area (Å²) in [7, 11) is 28.5. The summed E-state index contributed by atoms with van der Waals surface area (Å²) in [6.07, 6.45) is 25.6. The fourth-order valence-electron chi connectivity index (χ4n) is 16.6. The van der Waals surface area contributed by atoms with Crippen LogP contribution in [0.5, 0.6) is 0 Å². The van der Waals surface area contributed by atoms with Gasteiger partial charge in [-0.2, -0.15) is 0 Å². The summed E-state index contributed by atoms with van der Waals surface area (Å²) in [5, 5.41) is 169. The van der Waals surface area contributed by atoms with Crippen molar-refractivity contribution >= 4 is 0 Å². The summed E-state index contributed by atoms with van der Waals surface area (Å²) in [4.78, 5) is 32.6. The molecule has 0 amide bonds. The lowest BCUT2D eigenvalue weighted by Gasteiger charge is -2.37. The maximum atomic E-state index is 9.10. The molecular weight excluding hydrogens is 1650 g/mol. The number of likely N-dealkylation sites (N-methyl/N-ethyl adjacent to an activating group) is 7. The minimum atomic E-state index is -0.163. The number of nitrogens with zero attached hydrogens (tertiary/aromatic N) is 15. The van der Waals surface area contributed by atoms with E-state index in [1.807, 2.05) is 57.0 Å². The van der Waals surface area contributed by atoms with Crippen molar-refractivity contribution < 1.29 is 97.0 Å². The number of piperidine rings is 7. The zero-order valence-corrected chi connectivity index (χ0v) is 84.0. The number of hydrogen-bond acceptors (Lipinski definition) is 35. The summed E-state index contributed by atoms with van der Waals surface area (Å²) in [5.74, 6) is 2.52. The van der Waals surface area contributed by atoms with Gasteiger partial charge in [-0.1, -0.05) is 12.8 Å². The molecule has 0 aromatic carbocycles. The number of β-amino-alcohol motifs (C(OH)–C–C–N with tert-alkyl or cyclic N) is 1. The van der Waals surface area contributed by atoms with Crippen LogP contribution >= 0.6 is 0 Å². The molecule has 0 saturated carbocycles. The molecule has 0 aromatic rings. The van der Waals surface area contributed by atoms with E-state index in [-0.39, 0.29) is 102 Å². The van der Waals surface area contributed by atoms with Crippen LogP contribution in [0.1, 0.15) is 148 Å². The fourth-order valence-corrected chi connectivity index (χ4v) is 16.6. The van der Waals surface area contributed by atoms with Crippen LogP contribution < -0.4 is 5.32 Å². The quantitative estimate of drug-likeness (QED) is 0.0363. The van der Waals surface area contributed by atoms with E-state index < -0.39 is 0 Å². The molecule has 0 bridgehead atoms. The van der Waals surface area contributed by atoms with Crippen LogP contribution in [0.2, 0.25) is 0 Å². The zero-order chi connectivity index (χ0) is 96.7. The smallest absolute Gasteiger partial charge is 0.107 e. The van der Waals surface area contributed by atoms with E-state index in [1.54, 1.807) is 0 Å². The molecule has 11 aliphatic rings. The molecule has 35 nitrogen and oxygen atoms in total. The second kappa shape index (κ2) is 89.5. The summed E-state index contributed by atoms with van der Waals surface area (Å²) in [6, 6.07) is 1.61. The number of piperazine rings is 1. The Balaban J connectivity index is -0.00000132. The Morgan fingerprint density at radius 2 is 0.664 bits per heavy atom. The fraction of sp³-hybridized carbons (Fsp3) is 1.00. The molecule has 11 rings (SSSR count). The second-order valence-electron chi connectivity index (χ2n) is 37.4. The van der Waals surface area contributed by atoms with Crippen molar-refractivity contribution in [1.29, 1.82) is 0 Å². The van der Waals surface area contributed by atoms with Gasteiger partial charge in [0.05, 0.1) is 72.2 Å². The summed E-state index contributed by atoms with van der Waals surface area (Å²) >= 11 is 0. The SMILES string of the molecule is CN(CCCO)CCCO.CN(CCO)CCO.CN1C(CO)CCCC1CO.CN1CCC(CO)C1.CN1CCC(CO)C1CO.CN1CCC(CO)CC1.CN1CCC(O)CC1.CN1CCCC(CO)C1.CN1CCCC(CO)C1.CN1CCCC1CO.CN1CCCCC1CO.CN1CCCCC1O.CN1CCN(CCO)CC1.CNCCN(CCO)CCO. The van der Waals surface area contributed by atoms with Crippen molar-refractivity contribution in [3.63, 3.8) is 0 Å². The molecule has 11 heterocycles. The van der Waals surface area contributed by atoms with E-state index in [9.17, 15) is 0 Å². The first-order chi connectivity index (χ1) is 61.5. The number of rotatable bonds is 29. The van der Waals surface area contributed by atoms with Crippen LogP contribution in [0.3, 0.4) is 0 Å². The summed E-state index contributed by atoms with van der Waals surface area (Å²) in [5.41, 5.74) is 0. The molecule has 0 aromatic heterocycles. The van der Waals surface area contributed by atoms with Crippen LogP contribution in [0.25, 0.3) is 0 Å². The first-order valence-corrected chi connectivity index (χ1v) is 49.3. The standard InChI is InChI=1S/C8H17NO2.C7H18N2O2.C7H16N2O.C7H15NO2.C7H17NO2.4C7H15NO.4C6H13NO.C5H13NO2/c1-9-7(5-10)3-2-4-8(9)6-11;1-8-2-3-9(4-6-10)5-7-11;1-8-2-4-9(5-3-8)6-7-10;1-8-3-2-6(4-9)7(8)5-10;1-8(4-2-6-9)5-3-7-10;1-8-4-2-7(6-9)3-5-8;2*1-8-4-2-3-7(5-8)6-9;1-8-5-3-2-4-7(8)6-9;1-7-4-2-6(8)3-5-7;1-7-3-2-6(4-7)5-8;1-7-4-2-3-6(7)5-8;1-7-5-3-2-4-6(7)8;1-6(2-4-7)3-5-8/h7-8,10-11H,2-6H2,1H3;8,10-11H,2-7H2,1H3;10H,2-7H2,1H3;6-7,9-10H,2-5H2,1H3;9-10H,2-7H2,1H3;4*7,9H,2-6H2,1H3;4*6,8H,2-5H2,1H3;7-8H,2-5H2,1H3. The number of aliphatic hydroxyl groups excluding tert-OH is 19. The van der Waals surface area contributed by atoms with E-state index in [0.717, 1.165) is 195 Å². The average molecular weight is 1850 g/mol. The Bertz CT molecular complexity index is 2200. The van der Waals surface area contributed by atoms with Gasteiger partial charge >= 0.3 is 0 Å². The monoisotopic (exact) mass is 1850 g/mol. The van der Waals surface area contributed by atoms with Crippen LogP contribution in [0, 0.1) is 29.6 Å². The lowest BCUT2D eigenvalue weighted by molar-refractivity contribution is -0.00578. The van der Waals surface area contributed by atoms with Crippen molar-refractivity contribution in [2.45, 2.75) is 190 Å². The third kappa shape index (κ3) is 71.1. The lowest BCUT2D eigenvalue weighted by Crippen LogP contribution is -2.47. The van der Waals surface area contributed by atoms with Gasteiger partial charge in [0.2, 0.25) is 0 Å². The molecule has 11 saturated heterocycles. The third-order valence-corrected chi connectivity index (χ3v) is 26.2.